The molecule has 3 atom stereocenters. The number of likely N-dealkylation sites (tertiary alicyclic amines) is 1. The first kappa shape index (κ1) is 11.4. The molecule has 3 unspecified atom stereocenters. The van der Waals surface area contributed by atoms with Gasteiger partial charge in [-0.05, 0) is 31.8 Å². The Morgan fingerprint density at radius 2 is 2.44 bits per heavy atom. The van der Waals surface area contributed by atoms with Gasteiger partial charge in [-0.25, -0.2) is 0 Å². The maximum Gasteiger partial charge on any atom is 0.234 e. The first-order valence-corrected chi connectivity index (χ1v) is 5.87. The molecule has 0 spiro atoms. The second-order valence-electron chi connectivity index (χ2n) is 4.73. The van der Waals surface area contributed by atoms with Crippen LogP contribution in [-0.2, 0) is 4.79 Å². The molecule has 2 saturated heterocycles. The third-order valence-electron chi connectivity index (χ3n) is 3.79. The highest BCUT2D eigenvalue weighted by molar-refractivity contribution is 5.78. The van der Waals surface area contributed by atoms with Crippen molar-refractivity contribution in [2.24, 2.45) is 11.8 Å². The van der Waals surface area contributed by atoms with Crippen molar-refractivity contribution in [2.45, 2.75) is 13.0 Å². The second-order valence-corrected chi connectivity index (χ2v) is 4.73. The molecule has 0 radical (unpaired) electrons. The number of nitrogens with one attached hydrogen (secondary N) is 2. The normalized spacial score (nSPS) is 33.4. The number of carbonyl (C=O) groups is 1. The molecule has 0 aromatic heterocycles. The molecule has 2 N–H and O–H groups in total. The maximum absolute atomic E-state index is 11.6. The molecular weight excluding hydrogens is 202 g/mol. The lowest BCUT2D eigenvalue weighted by Crippen LogP contribution is -2.41. The summed E-state index contributed by atoms with van der Waals surface area (Å²) >= 11 is 0. The van der Waals surface area contributed by atoms with Gasteiger partial charge in [0, 0.05) is 12.6 Å². The van der Waals surface area contributed by atoms with E-state index in [-0.39, 0.29) is 5.91 Å². The van der Waals surface area contributed by atoms with Crippen LogP contribution in [0.2, 0.25) is 0 Å². The van der Waals surface area contributed by atoms with Crippen molar-refractivity contribution >= 4 is 5.91 Å². The van der Waals surface area contributed by atoms with Crippen LogP contribution in [-0.4, -0.2) is 49.6 Å². The molecule has 4 nitrogen and oxygen atoms in total. The van der Waals surface area contributed by atoms with E-state index in [1.165, 1.54) is 0 Å². The van der Waals surface area contributed by atoms with Crippen LogP contribution in [0.15, 0.2) is 0 Å². The average molecular weight is 221 g/mol. The Kier molecular flexibility index (Phi) is 3.47. The molecule has 0 aromatic carbocycles. The molecular formula is C12H19N3O. The van der Waals surface area contributed by atoms with Crippen LogP contribution in [0, 0.1) is 24.2 Å². The third kappa shape index (κ3) is 2.21. The lowest BCUT2D eigenvalue weighted by atomic mass is 9.95. The van der Waals surface area contributed by atoms with E-state index in [9.17, 15) is 4.79 Å². The van der Waals surface area contributed by atoms with Gasteiger partial charge in [-0.2, -0.15) is 0 Å². The summed E-state index contributed by atoms with van der Waals surface area (Å²) in [7, 11) is 0. The first-order valence-electron chi connectivity index (χ1n) is 5.87. The summed E-state index contributed by atoms with van der Waals surface area (Å²) < 4.78 is 0. The zero-order chi connectivity index (χ0) is 11.5. The van der Waals surface area contributed by atoms with E-state index in [0.29, 0.717) is 25.0 Å². The van der Waals surface area contributed by atoms with Crippen LogP contribution < -0.4 is 10.6 Å². The van der Waals surface area contributed by atoms with Crippen LogP contribution in [0.5, 0.6) is 0 Å². The third-order valence-corrected chi connectivity index (χ3v) is 3.79. The summed E-state index contributed by atoms with van der Waals surface area (Å²) in [6.45, 7) is 6.24. The smallest absolute Gasteiger partial charge is 0.234 e. The number of hydrogen-bond donors (Lipinski definition) is 2. The predicted octanol–water partition coefficient (Wildman–Crippen LogP) is -0.724. The van der Waals surface area contributed by atoms with Crippen LogP contribution in [0.3, 0.4) is 0 Å². The minimum atomic E-state index is 0.0396. The monoisotopic (exact) mass is 221 g/mol. The lowest BCUT2D eigenvalue weighted by molar-refractivity contribution is -0.122. The Morgan fingerprint density at radius 3 is 3.12 bits per heavy atom. The molecule has 2 heterocycles. The van der Waals surface area contributed by atoms with Gasteiger partial charge in [-0.1, -0.05) is 5.92 Å². The SMILES string of the molecule is C#CCNC(=O)CN1CC2CNCC2C1C. The predicted molar refractivity (Wildman–Crippen MR) is 62.7 cm³/mol. The van der Waals surface area contributed by atoms with Crippen LogP contribution in [0.25, 0.3) is 0 Å². The highest BCUT2D eigenvalue weighted by atomic mass is 16.2. The summed E-state index contributed by atoms with van der Waals surface area (Å²) in [5, 5.41) is 6.12. The van der Waals surface area contributed by atoms with Gasteiger partial charge in [-0.15, -0.1) is 6.42 Å². The van der Waals surface area contributed by atoms with E-state index in [0.717, 1.165) is 25.6 Å². The molecule has 0 saturated carbocycles. The van der Waals surface area contributed by atoms with E-state index in [1.807, 2.05) is 0 Å². The molecule has 0 aromatic rings. The number of nitrogens with zero attached hydrogens (tertiary/aromatic N) is 1. The molecule has 2 fully saturated rings. The van der Waals surface area contributed by atoms with Gasteiger partial charge in [-0.3, -0.25) is 9.69 Å². The van der Waals surface area contributed by atoms with Crippen molar-refractivity contribution in [3.8, 4) is 12.3 Å². The van der Waals surface area contributed by atoms with E-state index < -0.39 is 0 Å². The highest BCUT2D eigenvalue weighted by Gasteiger charge is 2.41. The summed E-state index contributed by atoms with van der Waals surface area (Å²) in [5.41, 5.74) is 0. The molecule has 16 heavy (non-hydrogen) atoms. The van der Waals surface area contributed by atoms with Gasteiger partial charge in [0.2, 0.25) is 5.91 Å². The van der Waals surface area contributed by atoms with Crippen molar-refractivity contribution in [3.63, 3.8) is 0 Å². The minimum Gasteiger partial charge on any atom is -0.344 e. The van der Waals surface area contributed by atoms with Gasteiger partial charge in [0.05, 0.1) is 13.1 Å². The fourth-order valence-corrected chi connectivity index (χ4v) is 2.85. The number of carbonyl (C=O) groups excluding carboxylic acids is 1. The van der Waals surface area contributed by atoms with Crippen molar-refractivity contribution in [1.29, 1.82) is 0 Å². The maximum atomic E-state index is 11.6. The fraction of sp³-hybridized carbons (Fsp3) is 0.750. The largest absolute Gasteiger partial charge is 0.344 e. The molecule has 88 valence electrons. The lowest BCUT2D eigenvalue weighted by Gasteiger charge is -2.23. The Hall–Kier alpha value is -1.05. The van der Waals surface area contributed by atoms with Crippen molar-refractivity contribution < 1.29 is 4.79 Å². The Bertz CT molecular complexity index is 310. The van der Waals surface area contributed by atoms with Gasteiger partial charge in [0.15, 0.2) is 0 Å². The number of amides is 1. The van der Waals surface area contributed by atoms with Crippen LogP contribution in [0.4, 0.5) is 0 Å². The molecule has 4 heteroatoms. The number of terminal acetylenes is 1. The summed E-state index contributed by atoms with van der Waals surface area (Å²) in [4.78, 5) is 13.8. The topological polar surface area (TPSA) is 44.4 Å². The summed E-state index contributed by atoms with van der Waals surface area (Å²) in [6.07, 6.45) is 5.10. The zero-order valence-corrected chi connectivity index (χ0v) is 9.70. The fourth-order valence-electron chi connectivity index (χ4n) is 2.85. The molecule has 2 aliphatic rings. The van der Waals surface area contributed by atoms with Crippen molar-refractivity contribution in [1.82, 2.24) is 15.5 Å². The number of fused-ring (bicyclic) bond motifs is 1. The average Bonchev–Trinajstić information content (AvgIpc) is 2.81. The second kappa shape index (κ2) is 4.86. The first-order chi connectivity index (χ1) is 7.72. The molecule has 2 rings (SSSR count). The van der Waals surface area contributed by atoms with Crippen LogP contribution in [0.1, 0.15) is 6.92 Å². The molecule has 1 amide bonds. The minimum absolute atomic E-state index is 0.0396. The van der Waals surface area contributed by atoms with Gasteiger partial charge in [0.1, 0.15) is 0 Å². The number of hydrogen-bond acceptors (Lipinski definition) is 3. The van der Waals surface area contributed by atoms with E-state index >= 15 is 0 Å². The number of rotatable bonds is 3. The summed E-state index contributed by atoms with van der Waals surface area (Å²) in [6, 6.07) is 0.497. The van der Waals surface area contributed by atoms with Crippen LogP contribution >= 0.6 is 0 Å². The Labute approximate surface area is 96.8 Å². The van der Waals surface area contributed by atoms with Gasteiger partial charge in [0.25, 0.3) is 0 Å². The molecule has 0 aliphatic carbocycles. The quantitative estimate of drug-likeness (QED) is 0.618. The Morgan fingerprint density at radius 1 is 1.62 bits per heavy atom. The standard InChI is InChI=1S/C12H19N3O/c1-3-4-14-12(16)8-15-7-10-5-13-6-11(10)9(15)2/h1,9-11,13H,4-8H2,2H3,(H,14,16). The molecule has 2 aliphatic heterocycles. The van der Waals surface area contributed by atoms with E-state index in [1.54, 1.807) is 0 Å². The highest BCUT2D eigenvalue weighted by Crippen LogP contribution is 2.31. The zero-order valence-electron chi connectivity index (χ0n) is 9.70. The van der Waals surface area contributed by atoms with E-state index in [2.05, 4.69) is 28.4 Å². The Balaban J connectivity index is 1.83. The van der Waals surface area contributed by atoms with Gasteiger partial charge >= 0.3 is 0 Å². The van der Waals surface area contributed by atoms with Crippen molar-refractivity contribution in [3.05, 3.63) is 0 Å². The van der Waals surface area contributed by atoms with E-state index in [4.69, 9.17) is 6.42 Å². The van der Waals surface area contributed by atoms with Gasteiger partial charge < -0.3 is 10.6 Å². The molecule has 0 bridgehead atoms. The van der Waals surface area contributed by atoms with Crippen molar-refractivity contribution in [2.75, 3.05) is 32.7 Å². The summed E-state index contributed by atoms with van der Waals surface area (Å²) in [5.74, 6) is 3.88.